The summed E-state index contributed by atoms with van der Waals surface area (Å²) in [5.41, 5.74) is 1.10. The lowest BCUT2D eigenvalue weighted by atomic mass is 10.1. The molecule has 1 aliphatic rings. The number of rotatable bonds is 5. The van der Waals surface area contributed by atoms with E-state index in [1.807, 2.05) is 19.1 Å². The minimum Gasteiger partial charge on any atom is -0.474 e. The fourth-order valence-corrected chi connectivity index (χ4v) is 3.15. The molecule has 3 rings (SSSR count). The van der Waals surface area contributed by atoms with Crippen LogP contribution in [0.25, 0.3) is 0 Å². The maximum atomic E-state index is 6.07. The lowest BCUT2D eigenvalue weighted by Crippen LogP contribution is -2.38. The van der Waals surface area contributed by atoms with Gasteiger partial charge in [0.15, 0.2) is 0 Å². The summed E-state index contributed by atoms with van der Waals surface area (Å²) in [5, 5.41) is 8.67. The molecule has 0 radical (unpaired) electrons. The Hall–Kier alpha value is -1.95. The molecule has 0 N–H and O–H groups in total. The van der Waals surface area contributed by atoms with Gasteiger partial charge in [-0.2, -0.15) is 0 Å². The summed E-state index contributed by atoms with van der Waals surface area (Å²) in [7, 11) is 2.06. The molecular weight excluding hydrogens is 302 g/mol. The summed E-state index contributed by atoms with van der Waals surface area (Å²) in [5.74, 6) is 3.26. The highest BCUT2D eigenvalue weighted by atomic mass is 16.5. The molecule has 0 bridgehead atoms. The zero-order valence-electron chi connectivity index (χ0n) is 15.1. The van der Waals surface area contributed by atoms with E-state index >= 15 is 0 Å². The van der Waals surface area contributed by atoms with Gasteiger partial charge in [0, 0.05) is 37.8 Å². The molecular formula is C18H27N5O. The molecule has 0 saturated carbocycles. The Balaban J connectivity index is 1.53. The van der Waals surface area contributed by atoms with Crippen LogP contribution in [-0.4, -0.2) is 43.8 Å². The Morgan fingerprint density at radius 1 is 1.25 bits per heavy atom. The molecule has 0 amide bonds. The van der Waals surface area contributed by atoms with E-state index in [0.29, 0.717) is 5.92 Å². The molecule has 130 valence electrons. The molecule has 0 aliphatic carbocycles. The second-order valence-electron chi connectivity index (χ2n) is 6.91. The van der Waals surface area contributed by atoms with E-state index in [-0.39, 0.29) is 6.10 Å². The Morgan fingerprint density at radius 3 is 2.62 bits per heavy atom. The number of hydrogen-bond donors (Lipinski definition) is 0. The topological polar surface area (TPSA) is 56.1 Å². The second-order valence-corrected chi connectivity index (χ2v) is 6.91. The summed E-state index contributed by atoms with van der Waals surface area (Å²) < 4.78 is 8.20. The maximum absolute atomic E-state index is 6.07. The number of piperidine rings is 1. The largest absolute Gasteiger partial charge is 0.474 e. The van der Waals surface area contributed by atoms with Crippen LogP contribution in [0, 0.1) is 6.92 Å². The Morgan fingerprint density at radius 2 is 2.00 bits per heavy atom. The first kappa shape index (κ1) is 16.9. The van der Waals surface area contributed by atoms with Crippen molar-refractivity contribution in [3.8, 4) is 5.88 Å². The Kier molecular flexibility index (Phi) is 5.14. The van der Waals surface area contributed by atoms with Gasteiger partial charge in [0.1, 0.15) is 17.8 Å². The van der Waals surface area contributed by atoms with Gasteiger partial charge in [0.2, 0.25) is 5.88 Å². The SMILES string of the molecule is Cc1cccnc1OC1CCN(Cc2nnc(C(C)C)n2C)CC1. The minimum atomic E-state index is 0.251. The van der Waals surface area contributed by atoms with Crippen LogP contribution in [0.4, 0.5) is 0 Å². The van der Waals surface area contributed by atoms with Crippen LogP contribution < -0.4 is 4.74 Å². The molecule has 6 heteroatoms. The van der Waals surface area contributed by atoms with Gasteiger partial charge in [-0.15, -0.1) is 10.2 Å². The smallest absolute Gasteiger partial charge is 0.216 e. The van der Waals surface area contributed by atoms with Crippen LogP contribution >= 0.6 is 0 Å². The van der Waals surface area contributed by atoms with E-state index in [1.165, 1.54) is 0 Å². The predicted octanol–water partition coefficient (Wildman–Crippen LogP) is 2.69. The molecule has 24 heavy (non-hydrogen) atoms. The molecule has 1 aliphatic heterocycles. The van der Waals surface area contributed by atoms with Crippen LogP contribution in [0.15, 0.2) is 18.3 Å². The number of aromatic nitrogens is 4. The van der Waals surface area contributed by atoms with E-state index in [4.69, 9.17) is 4.74 Å². The van der Waals surface area contributed by atoms with Gasteiger partial charge in [0.25, 0.3) is 0 Å². The molecule has 3 heterocycles. The normalized spacial score (nSPS) is 16.7. The van der Waals surface area contributed by atoms with Crippen molar-refractivity contribution >= 4 is 0 Å². The fraction of sp³-hybridized carbons (Fsp3) is 0.611. The lowest BCUT2D eigenvalue weighted by molar-refractivity contribution is 0.0907. The predicted molar refractivity (Wildman–Crippen MR) is 93.0 cm³/mol. The van der Waals surface area contributed by atoms with Crippen LogP contribution in [0.3, 0.4) is 0 Å². The first-order valence-corrected chi connectivity index (χ1v) is 8.73. The summed E-state index contributed by atoms with van der Waals surface area (Å²) in [4.78, 5) is 6.76. The monoisotopic (exact) mass is 329 g/mol. The van der Waals surface area contributed by atoms with Crippen molar-refractivity contribution < 1.29 is 4.74 Å². The zero-order valence-corrected chi connectivity index (χ0v) is 15.1. The van der Waals surface area contributed by atoms with Gasteiger partial charge < -0.3 is 9.30 Å². The van der Waals surface area contributed by atoms with E-state index in [1.54, 1.807) is 6.20 Å². The molecule has 2 aromatic heterocycles. The maximum Gasteiger partial charge on any atom is 0.216 e. The van der Waals surface area contributed by atoms with Gasteiger partial charge in [-0.25, -0.2) is 4.98 Å². The Bertz CT molecular complexity index is 674. The standard InChI is InChI=1S/C18H27N5O/c1-13(2)17-21-20-16(22(17)4)12-23-10-7-15(8-11-23)24-18-14(3)6-5-9-19-18/h5-6,9,13,15H,7-8,10-12H2,1-4H3. The van der Waals surface area contributed by atoms with E-state index in [2.05, 4.69) is 45.5 Å². The van der Waals surface area contributed by atoms with E-state index in [9.17, 15) is 0 Å². The highest BCUT2D eigenvalue weighted by Gasteiger charge is 2.23. The van der Waals surface area contributed by atoms with Crippen molar-refractivity contribution in [3.63, 3.8) is 0 Å². The molecule has 0 unspecified atom stereocenters. The van der Waals surface area contributed by atoms with Crippen molar-refractivity contribution in [3.05, 3.63) is 35.5 Å². The van der Waals surface area contributed by atoms with Crippen molar-refractivity contribution in [2.45, 2.75) is 52.2 Å². The summed E-state index contributed by atoms with van der Waals surface area (Å²) in [6.07, 6.45) is 4.08. The third-order valence-electron chi connectivity index (χ3n) is 4.65. The van der Waals surface area contributed by atoms with Crippen LogP contribution in [-0.2, 0) is 13.6 Å². The summed E-state index contributed by atoms with van der Waals surface area (Å²) in [6, 6.07) is 3.98. The third kappa shape index (κ3) is 3.75. The number of pyridine rings is 1. The lowest BCUT2D eigenvalue weighted by Gasteiger charge is -2.31. The van der Waals surface area contributed by atoms with Gasteiger partial charge in [-0.1, -0.05) is 19.9 Å². The van der Waals surface area contributed by atoms with Crippen LogP contribution in [0.1, 0.15) is 49.8 Å². The van der Waals surface area contributed by atoms with Gasteiger partial charge in [-0.05, 0) is 25.8 Å². The van der Waals surface area contributed by atoms with Crippen molar-refractivity contribution in [2.75, 3.05) is 13.1 Å². The molecule has 0 aromatic carbocycles. The second kappa shape index (κ2) is 7.30. The number of ether oxygens (including phenoxy) is 1. The molecule has 0 spiro atoms. The van der Waals surface area contributed by atoms with Gasteiger partial charge in [0.05, 0.1) is 6.54 Å². The molecule has 0 atom stereocenters. The third-order valence-corrected chi connectivity index (χ3v) is 4.65. The van der Waals surface area contributed by atoms with Crippen LogP contribution in [0.5, 0.6) is 5.88 Å². The average Bonchev–Trinajstić information content (AvgIpc) is 2.92. The quantitative estimate of drug-likeness (QED) is 0.844. The first-order chi connectivity index (χ1) is 11.5. The number of likely N-dealkylation sites (tertiary alicyclic amines) is 1. The molecule has 6 nitrogen and oxygen atoms in total. The van der Waals surface area contributed by atoms with Gasteiger partial charge >= 0.3 is 0 Å². The number of nitrogens with zero attached hydrogens (tertiary/aromatic N) is 5. The summed E-state index contributed by atoms with van der Waals surface area (Å²) >= 11 is 0. The Labute approximate surface area is 143 Å². The van der Waals surface area contributed by atoms with Gasteiger partial charge in [-0.3, -0.25) is 4.90 Å². The highest BCUT2D eigenvalue weighted by molar-refractivity contribution is 5.23. The van der Waals surface area contributed by atoms with Crippen molar-refractivity contribution in [2.24, 2.45) is 7.05 Å². The summed E-state index contributed by atoms with van der Waals surface area (Å²) in [6.45, 7) is 9.22. The fourth-order valence-electron chi connectivity index (χ4n) is 3.15. The first-order valence-electron chi connectivity index (χ1n) is 8.73. The average molecular weight is 329 g/mol. The number of hydrogen-bond acceptors (Lipinski definition) is 5. The molecule has 1 saturated heterocycles. The minimum absolute atomic E-state index is 0.251. The van der Waals surface area contributed by atoms with Crippen LogP contribution in [0.2, 0.25) is 0 Å². The molecule has 2 aromatic rings. The molecule has 1 fully saturated rings. The van der Waals surface area contributed by atoms with E-state index < -0.39 is 0 Å². The van der Waals surface area contributed by atoms with E-state index in [0.717, 1.165) is 55.6 Å². The van der Waals surface area contributed by atoms with Crippen molar-refractivity contribution in [1.82, 2.24) is 24.6 Å². The van der Waals surface area contributed by atoms with Crippen molar-refractivity contribution in [1.29, 1.82) is 0 Å². The zero-order chi connectivity index (χ0) is 17.1. The highest BCUT2D eigenvalue weighted by Crippen LogP contribution is 2.21. The number of aryl methyl sites for hydroxylation is 1.